The molecule has 98 valence electrons. The Morgan fingerprint density at radius 3 is 2.12 bits per heavy atom. The molecule has 0 aliphatic heterocycles. The first-order valence-corrected chi connectivity index (χ1v) is 6.23. The average molecular weight is 233 g/mol. The second-order valence-corrected chi connectivity index (χ2v) is 4.14. The van der Waals surface area contributed by atoms with Crippen LogP contribution in [0, 0.1) is 5.92 Å². The van der Waals surface area contributed by atoms with E-state index in [-0.39, 0.29) is 12.4 Å². The van der Waals surface area contributed by atoms with Gasteiger partial charge in [-0.15, -0.1) is 0 Å². The summed E-state index contributed by atoms with van der Waals surface area (Å²) >= 11 is 0. The summed E-state index contributed by atoms with van der Waals surface area (Å²) in [5.74, 6) is 0.294. The lowest BCUT2D eigenvalue weighted by Gasteiger charge is -2.18. The van der Waals surface area contributed by atoms with Gasteiger partial charge in [-0.25, -0.2) is 0 Å². The van der Waals surface area contributed by atoms with Crippen molar-refractivity contribution in [2.45, 2.75) is 46.5 Å². The first-order valence-electron chi connectivity index (χ1n) is 6.23. The minimum Gasteiger partial charge on any atom is -0.392 e. The number of ether oxygens (including phenoxy) is 2. The molecule has 0 saturated carbocycles. The Bertz CT molecular complexity index is 147. The quantitative estimate of drug-likeness (QED) is 0.442. The zero-order valence-corrected chi connectivity index (χ0v) is 11.0. The van der Waals surface area contributed by atoms with E-state index in [4.69, 9.17) is 9.47 Å². The molecule has 0 saturated heterocycles. The van der Waals surface area contributed by atoms with Crippen molar-refractivity contribution in [2.24, 2.45) is 5.92 Å². The van der Waals surface area contributed by atoms with Crippen LogP contribution < -0.4 is 5.32 Å². The third kappa shape index (κ3) is 8.05. The van der Waals surface area contributed by atoms with Crippen LogP contribution in [0.2, 0.25) is 0 Å². The van der Waals surface area contributed by atoms with Crippen molar-refractivity contribution in [1.82, 2.24) is 5.32 Å². The molecule has 16 heavy (non-hydrogen) atoms. The Labute approximate surface area is 99.3 Å². The van der Waals surface area contributed by atoms with Gasteiger partial charge < -0.3 is 19.9 Å². The van der Waals surface area contributed by atoms with Gasteiger partial charge in [-0.3, -0.25) is 0 Å². The molecule has 1 unspecified atom stereocenters. The van der Waals surface area contributed by atoms with Gasteiger partial charge in [0.05, 0.1) is 6.10 Å². The molecule has 0 aliphatic carbocycles. The maximum Gasteiger partial charge on any atom is 0.158 e. The van der Waals surface area contributed by atoms with Gasteiger partial charge in [-0.2, -0.15) is 0 Å². The second-order valence-electron chi connectivity index (χ2n) is 4.14. The first kappa shape index (κ1) is 15.8. The van der Waals surface area contributed by atoms with E-state index in [2.05, 4.69) is 5.32 Å². The smallest absolute Gasteiger partial charge is 0.158 e. The molecule has 4 heteroatoms. The molecule has 0 spiro atoms. The highest BCUT2D eigenvalue weighted by Gasteiger charge is 2.10. The van der Waals surface area contributed by atoms with Gasteiger partial charge in [-0.1, -0.05) is 13.8 Å². The van der Waals surface area contributed by atoms with Crippen LogP contribution in [-0.2, 0) is 9.47 Å². The van der Waals surface area contributed by atoms with Crippen molar-refractivity contribution in [2.75, 3.05) is 26.3 Å². The number of hydrogen-bond acceptors (Lipinski definition) is 4. The molecule has 0 aromatic carbocycles. The monoisotopic (exact) mass is 233 g/mol. The van der Waals surface area contributed by atoms with Crippen molar-refractivity contribution in [1.29, 1.82) is 0 Å². The van der Waals surface area contributed by atoms with E-state index in [1.54, 1.807) is 0 Å². The average Bonchev–Trinajstić information content (AvgIpc) is 2.24. The standard InChI is InChI=1S/C12H27NO3/c1-5-15-12(16-6-2)7-8-13-9-11(14)10(3)4/h10-14H,5-9H2,1-4H3. The summed E-state index contributed by atoms with van der Waals surface area (Å²) in [6, 6.07) is 0. The zero-order valence-electron chi connectivity index (χ0n) is 11.0. The van der Waals surface area contributed by atoms with E-state index in [0.29, 0.717) is 25.7 Å². The molecule has 0 rings (SSSR count). The van der Waals surface area contributed by atoms with Gasteiger partial charge in [-0.05, 0) is 19.8 Å². The van der Waals surface area contributed by atoms with Crippen LogP contribution in [0.3, 0.4) is 0 Å². The summed E-state index contributed by atoms with van der Waals surface area (Å²) in [5.41, 5.74) is 0. The van der Waals surface area contributed by atoms with E-state index in [0.717, 1.165) is 13.0 Å². The number of nitrogens with one attached hydrogen (secondary N) is 1. The van der Waals surface area contributed by atoms with Gasteiger partial charge >= 0.3 is 0 Å². The van der Waals surface area contributed by atoms with Gasteiger partial charge in [0.25, 0.3) is 0 Å². The number of rotatable bonds is 10. The van der Waals surface area contributed by atoms with Crippen molar-refractivity contribution in [3.05, 3.63) is 0 Å². The minimum atomic E-state index is -0.280. The lowest BCUT2D eigenvalue weighted by atomic mass is 10.1. The number of hydrogen-bond donors (Lipinski definition) is 2. The maximum atomic E-state index is 9.57. The normalized spacial score (nSPS) is 13.7. The molecule has 0 aromatic rings. The fourth-order valence-electron chi connectivity index (χ4n) is 1.29. The molecular formula is C12H27NO3. The van der Waals surface area contributed by atoms with Crippen molar-refractivity contribution >= 4 is 0 Å². The van der Waals surface area contributed by atoms with Crippen LogP contribution in [-0.4, -0.2) is 43.8 Å². The van der Waals surface area contributed by atoms with Gasteiger partial charge in [0, 0.05) is 32.7 Å². The Kier molecular flexibility index (Phi) is 9.92. The summed E-state index contributed by atoms with van der Waals surface area (Å²) in [4.78, 5) is 0. The molecule has 0 aliphatic rings. The van der Waals surface area contributed by atoms with Crippen LogP contribution in [0.1, 0.15) is 34.1 Å². The molecule has 0 fully saturated rings. The van der Waals surface area contributed by atoms with Crippen LogP contribution in [0.4, 0.5) is 0 Å². The van der Waals surface area contributed by atoms with E-state index >= 15 is 0 Å². The van der Waals surface area contributed by atoms with Gasteiger partial charge in [0.2, 0.25) is 0 Å². The summed E-state index contributed by atoms with van der Waals surface area (Å²) in [5, 5.41) is 12.8. The Balaban J connectivity index is 3.53. The maximum absolute atomic E-state index is 9.57. The van der Waals surface area contributed by atoms with Crippen LogP contribution in [0.25, 0.3) is 0 Å². The third-order valence-electron chi connectivity index (χ3n) is 2.38. The lowest BCUT2D eigenvalue weighted by molar-refractivity contribution is -0.138. The molecular weight excluding hydrogens is 206 g/mol. The topological polar surface area (TPSA) is 50.7 Å². The van der Waals surface area contributed by atoms with E-state index in [9.17, 15) is 5.11 Å². The summed E-state index contributed by atoms with van der Waals surface area (Å²) < 4.78 is 10.8. The summed E-state index contributed by atoms with van der Waals surface area (Å²) in [6.07, 6.45) is 0.406. The lowest BCUT2D eigenvalue weighted by Crippen LogP contribution is -2.33. The highest BCUT2D eigenvalue weighted by Crippen LogP contribution is 2.01. The molecule has 2 N–H and O–H groups in total. The Morgan fingerprint density at radius 1 is 1.12 bits per heavy atom. The molecule has 1 atom stereocenters. The van der Waals surface area contributed by atoms with E-state index in [1.165, 1.54) is 0 Å². The molecule has 0 amide bonds. The van der Waals surface area contributed by atoms with Gasteiger partial charge in [0.1, 0.15) is 0 Å². The van der Waals surface area contributed by atoms with Crippen LogP contribution in [0.15, 0.2) is 0 Å². The third-order valence-corrected chi connectivity index (χ3v) is 2.38. The second kappa shape index (κ2) is 10.0. The molecule has 0 aromatic heterocycles. The SMILES string of the molecule is CCOC(CCNCC(O)C(C)C)OCC. The molecule has 0 heterocycles. The summed E-state index contributed by atoms with van der Waals surface area (Å²) in [6.45, 7) is 10.7. The number of aliphatic hydroxyl groups excluding tert-OH is 1. The van der Waals surface area contributed by atoms with Crippen molar-refractivity contribution in [3.8, 4) is 0 Å². The van der Waals surface area contributed by atoms with Gasteiger partial charge in [0.15, 0.2) is 6.29 Å². The van der Waals surface area contributed by atoms with Crippen LogP contribution >= 0.6 is 0 Å². The van der Waals surface area contributed by atoms with E-state index < -0.39 is 0 Å². The molecule has 0 bridgehead atoms. The molecule has 4 nitrogen and oxygen atoms in total. The minimum absolute atomic E-state index is 0.126. The fourth-order valence-corrected chi connectivity index (χ4v) is 1.29. The Hall–Kier alpha value is -0.160. The number of aliphatic hydroxyl groups is 1. The predicted octanol–water partition coefficient (Wildman–Crippen LogP) is 1.38. The Morgan fingerprint density at radius 2 is 1.69 bits per heavy atom. The first-order chi connectivity index (χ1) is 7.61. The highest BCUT2D eigenvalue weighted by atomic mass is 16.7. The van der Waals surface area contributed by atoms with Crippen molar-refractivity contribution in [3.63, 3.8) is 0 Å². The van der Waals surface area contributed by atoms with Crippen molar-refractivity contribution < 1.29 is 14.6 Å². The highest BCUT2D eigenvalue weighted by molar-refractivity contribution is 4.63. The van der Waals surface area contributed by atoms with Crippen LogP contribution in [0.5, 0.6) is 0 Å². The summed E-state index contributed by atoms with van der Waals surface area (Å²) in [7, 11) is 0. The molecule has 0 radical (unpaired) electrons. The van der Waals surface area contributed by atoms with E-state index in [1.807, 2.05) is 27.7 Å². The predicted molar refractivity (Wildman–Crippen MR) is 65.4 cm³/mol. The largest absolute Gasteiger partial charge is 0.392 e. The fraction of sp³-hybridized carbons (Fsp3) is 1.00. The zero-order chi connectivity index (χ0) is 12.4.